The smallest absolute Gasteiger partial charge is 0.410 e. The van der Waals surface area contributed by atoms with Gasteiger partial charge in [-0.3, -0.25) is 14.5 Å². The number of carbonyl (C=O) groups excluding carboxylic acids is 2. The van der Waals surface area contributed by atoms with Crippen molar-refractivity contribution in [2.45, 2.75) is 103 Å². The number of hydrogen-bond donors (Lipinski definition) is 0. The third-order valence-electron chi connectivity index (χ3n) is 11.3. The molecule has 1 aromatic carbocycles. The number of amides is 2. The van der Waals surface area contributed by atoms with Crippen molar-refractivity contribution in [2.75, 3.05) is 44.3 Å². The summed E-state index contributed by atoms with van der Waals surface area (Å²) in [4.78, 5) is 35.4. The topological polar surface area (TPSA) is 98.0 Å². The van der Waals surface area contributed by atoms with Gasteiger partial charge in [0.05, 0.1) is 18.1 Å². The maximum Gasteiger partial charge on any atom is 0.410 e. The van der Waals surface area contributed by atoms with E-state index in [1.807, 2.05) is 44.0 Å². The average molecular weight is 730 g/mol. The summed E-state index contributed by atoms with van der Waals surface area (Å²) in [6.07, 6.45) is 7.97. The molecule has 4 aliphatic heterocycles. The monoisotopic (exact) mass is 729 g/mol. The Labute approximate surface area is 308 Å². The molecule has 0 unspecified atom stereocenters. The Morgan fingerprint density at radius 2 is 1.74 bits per heavy atom. The van der Waals surface area contributed by atoms with Gasteiger partial charge in [0.25, 0.3) is 6.43 Å². The van der Waals surface area contributed by atoms with E-state index in [2.05, 4.69) is 19.1 Å². The molecular weight excluding hydrogens is 680 g/mol. The molecule has 0 radical (unpaired) electrons. The van der Waals surface area contributed by atoms with Crippen LogP contribution in [0.4, 0.5) is 25.1 Å². The second kappa shape index (κ2) is 14.0. The number of fused-ring (bicyclic) bond motifs is 3. The average Bonchev–Trinajstić information content (AvgIpc) is 3.73. The number of piperidine rings is 1. The Morgan fingerprint density at radius 3 is 2.45 bits per heavy atom. The summed E-state index contributed by atoms with van der Waals surface area (Å²) in [5.41, 5.74) is 5.50. The number of aryl methyl sites for hydroxylation is 1. The normalized spacial score (nSPS) is 18.8. The number of halogens is 2. The number of likely N-dealkylation sites (tertiary alicyclic amines) is 1. The van der Waals surface area contributed by atoms with Crippen molar-refractivity contribution in [2.24, 2.45) is 0 Å². The van der Waals surface area contributed by atoms with Gasteiger partial charge in [-0.25, -0.2) is 13.6 Å². The molecule has 0 bridgehead atoms. The minimum absolute atomic E-state index is 0.0198. The molecule has 0 saturated carbocycles. The Morgan fingerprint density at radius 1 is 0.962 bits per heavy atom. The molecule has 4 aromatic rings. The van der Waals surface area contributed by atoms with Gasteiger partial charge in [0.15, 0.2) is 5.82 Å². The number of rotatable bonds is 5. The van der Waals surface area contributed by atoms with Crippen LogP contribution >= 0.6 is 0 Å². The molecule has 53 heavy (non-hydrogen) atoms. The van der Waals surface area contributed by atoms with E-state index in [0.717, 1.165) is 83.3 Å². The maximum atomic E-state index is 15.3. The molecule has 4 aliphatic rings. The number of aromatic nitrogens is 4. The van der Waals surface area contributed by atoms with Crippen molar-refractivity contribution in [3.05, 3.63) is 59.2 Å². The van der Waals surface area contributed by atoms with Crippen LogP contribution in [-0.4, -0.2) is 86.1 Å². The molecule has 0 aliphatic carbocycles. The summed E-state index contributed by atoms with van der Waals surface area (Å²) in [5.74, 6) is 0.788. The van der Waals surface area contributed by atoms with Gasteiger partial charge >= 0.3 is 6.09 Å². The lowest BCUT2D eigenvalue weighted by Gasteiger charge is -2.34. The Hall–Kier alpha value is -4.52. The summed E-state index contributed by atoms with van der Waals surface area (Å²) < 4.78 is 46.2. The van der Waals surface area contributed by atoms with Crippen molar-refractivity contribution in [3.63, 3.8) is 0 Å². The SMILES string of the molecule is CC(=O)N1CCc2c(c(N3CCCc4cc(-c5cn(C6CCN(C(=O)OC(C)(C)C)CC6)c6ccncc56)c(C(F)F)cc43)nn2C2CCOCC2)C1. The van der Waals surface area contributed by atoms with Gasteiger partial charge in [-0.2, -0.15) is 5.10 Å². The molecule has 3 aromatic heterocycles. The van der Waals surface area contributed by atoms with Crippen molar-refractivity contribution in [1.82, 2.24) is 29.1 Å². The van der Waals surface area contributed by atoms with E-state index in [-0.39, 0.29) is 29.6 Å². The number of nitrogens with zero attached hydrogens (tertiary/aromatic N) is 7. The van der Waals surface area contributed by atoms with Crippen LogP contribution in [0.25, 0.3) is 22.0 Å². The first kappa shape index (κ1) is 35.5. The highest BCUT2D eigenvalue weighted by molar-refractivity contribution is 5.97. The van der Waals surface area contributed by atoms with E-state index in [9.17, 15) is 9.59 Å². The van der Waals surface area contributed by atoms with Gasteiger partial charge in [0.1, 0.15) is 5.60 Å². The molecule has 2 saturated heterocycles. The van der Waals surface area contributed by atoms with Crippen LogP contribution in [0.3, 0.4) is 0 Å². The van der Waals surface area contributed by atoms with Gasteiger partial charge in [-0.05, 0) is 88.6 Å². The molecule has 11 nitrogen and oxygen atoms in total. The van der Waals surface area contributed by atoms with Gasteiger partial charge in [0, 0.05) is 111 Å². The van der Waals surface area contributed by atoms with Gasteiger partial charge in [-0.1, -0.05) is 0 Å². The standard InChI is InChI=1S/C40H49F2N7O4/c1-25(50)46-17-10-35-33(23-46)38(44-49(35)28-11-18-52-19-12-28)47-14-5-6-26-20-29(30(37(41)42)21-36(26)47)32-24-48(34-7-13-43-22-31(32)34)27-8-15-45(16-9-27)39(51)53-40(2,3)4/h7,13,20-22,24,27-28,37H,5-6,8-12,14-19,23H2,1-4H3. The summed E-state index contributed by atoms with van der Waals surface area (Å²) in [5, 5.41) is 6.06. The molecule has 2 amide bonds. The highest BCUT2D eigenvalue weighted by Crippen LogP contribution is 2.46. The van der Waals surface area contributed by atoms with Gasteiger partial charge in [-0.15, -0.1) is 0 Å². The predicted molar refractivity (Wildman–Crippen MR) is 198 cm³/mol. The minimum Gasteiger partial charge on any atom is -0.444 e. The Balaban J connectivity index is 1.16. The number of pyridine rings is 1. The molecule has 0 spiro atoms. The van der Waals surface area contributed by atoms with Crippen LogP contribution in [0.1, 0.15) is 101 Å². The Kier molecular flexibility index (Phi) is 9.40. The Bertz CT molecular complexity index is 2020. The second-order valence-corrected chi connectivity index (χ2v) is 15.9. The molecule has 282 valence electrons. The molecular formula is C40H49F2N7O4. The fraction of sp³-hybridized carbons (Fsp3) is 0.550. The van der Waals surface area contributed by atoms with Crippen LogP contribution in [0, 0.1) is 0 Å². The zero-order valence-corrected chi connectivity index (χ0v) is 31.1. The highest BCUT2D eigenvalue weighted by atomic mass is 19.3. The lowest BCUT2D eigenvalue weighted by atomic mass is 9.91. The molecule has 0 N–H and O–H groups in total. The van der Waals surface area contributed by atoms with Gasteiger partial charge < -0.3 is 28.7 Å². The van der Waals surface area contributed by atoms with E-state index in [4.69, 9.17) is 14.6 Å². The van der Waals surface area contributed by atoms with E-state index < -0.39 is 12.0 Å². The summed E-state index contributed by atoms with van der Waals surface area (Å²) >= 11 is 0. The fourth-order valence-corrected chi connectivity index (χ4v) is 8.70. The van der Waals surface area contributed by atoms with Crippen LogP contribution in [-0.2, 0) is 33.7 Å². The maximum absolute atomic E-state index is 15.3. The van der Waals surface area contributed by atoms with Crippen LogP contribution in [0.5, 0.6) is 0 Å². The first-order valence-electron chi connectivity index (χ1n) is 19.1. The minimum atomic E-state index is -2.71. The fourth-order valence-electron chi connectivity index (χ4n) is 8.70. The van der Waals surface area contributed by atoms with Crippen molar-refractivity contribution in [1.29, 1.82) is 0 Å². The van der Waals surface area contributed by atoms with Crippen molar-refractivity contribution in [3.8, 4) is 11.1 Å². The lowest BCUT2D eigenvalue weighted by Crippen LogP contribution is -2.42. The molecule has 13 heteroatoms. The number of hydrogen-bond acceptors (Lipinski definition) is 7. The lowest BCUT2D eigenvalue weighted by molar-refractivity contribution is -0.129. The third-order valence-corrected chi connectivity index (χ3v) is 11.3. The molecule has 0 atom stereocenters. The zero-order chi connectivity index (χ0) is 37.0. The number of ether oxygens (including phenoxy) is 2. The van der Waals surface area contributed by atoms with Crippen LogP contribution in [0.2, 0.25) is 0 Å². The van der Waals surface area contributed by atoms with Crippen molar-refractivity contribution < 1.29 is 27.8 Å². The summed E-state index contributed by atoms with van der Waals surface area (Å²) in [7, 11) is 0. The molecule has 8 rings (SSSR count). The van der Waals surface area contributed by atoms with E-state index in [1.54, 1.807) is 30.3 Å². The second-order valence-electron chi connectivity index (χ2n) is 15.9. The molecule has 7 heterocycles. The number of benzene rings is 1. The summed E-state index contributed by atoms with van der Waals surface area (Å²) in [6, 6.07) is 5.88. The first-order chi connectivity index (χ1) is 25.5. The quantitative estimate of drug-likeness (QED) is 0.207. The number of anilines is 2. The largest absolute Gasteiger partial charge is 0.444 e. The zero-order valence-electron chi connectivity index (χ0n) is 31.1. The summed E-state index contributed by atoms with van der Waals surface area (Å²) in [6.45, 7) is 11.4. The number of carbonyl (C=O) groups is 2. The van der Waals surface area contributed by atoms with Crippen LogP contribution < -0.4 is 4.90 Å². The highest BCUT2D eigenvalue weighted by Gasteiger charge is 2.35. The van der Waals surface area contributed by atoms with Crippen molar-refractivity contribution >= 4 is 34.4 Å². The van der Waals surface area contributed by atoms with E-state index in [1.165, 1.54) is 0 Å². The van der Waals surface area contributed by atoms with Crippen LogP contribution in [0.15, 0.2) is 36.8 Å². The third kappa shape index (κ3) is 6.77. The number of alkyl halides is 2. The first-order valence-corrected chi connectivity index (χ1v) is 19.1. The van der Waals surface area contributed by atoms with Gasteiger partial charge in [0.2, 0.25) is 5.91 Å². The van der Waals surface area contributed by atoms with E-state index in [0.29, 0.717) is 57.9 Å². The molecule has 2 fully saturated rings. The predicted octanol–water partition coefficient (Wildman–Crippen LogP) is 7.75. The van der Waals surface area contributed by atoms with E-state index >= 15 is 8.78 Å².